The lowest BCUT2D eigenvalue weighted by atomic mass is 10.1. The largest absolute Gasteiger partial charge is 0.480 e. The van der Waals surface area contributed by atoms with Crippen LogP contribution in [-0.2, 0) is 14.4 Å². The zero-order valence-corrected chi connectivity index (χ0v) is 9.76. The SMILES string of the molecule is CN(CC(=O)O)C(=O)C1CC(=O)N(C2CC2)C1. The molecule has 0 aromatic rings. The van der Waals surface area contributed by atoms with Crippen molar-refractivity contribution in [1.29, 1.82) is 0 Å². The van der Waals surface area contributed by atoms with Gasteiger partial charge in [-0.15, -0.1) is 0 Å². The molecule has 94 valence electrons. The number of carbonyl (C=O) groups excluding carboxylic acids is 2. The van der Waals surface area contributed by atoms with E-state index >= 15 is 0 Å². The Bertz CT molecular complexity index is 364. The second kappa shape index (κ2) is 4.35. The third-order valence-corrected chi connectivity index (χ3v) is 3.24. The summed E-state index contributed by atoms with van der Waals surface area (Å²) in [6.07, 6.45) is 2.27. The molecule has 6 heteroatoms. The zero-order chi connectivity index (χ0) is 12.6. The standard InChI is InChI=1S/C11H16N2O4/c1-12(6-10(15)16)11(17)7-4-9(14)13(5-7)8-2-3-8/h7-8H,2-6H2,1H3,(H,15,16). The second-order valence-corrected chi connectivity index (χ2v) is 4.77. The second-order valence-electron chi connectivity index (χ2n) is 4.77. The van der Waals surface area contributed by atoms with Crippen molar-refractivity contribution in [3.8, 4) is 0 Å². The van der Waals surface area contributed by atoms with E-state index in [1.807, 2.05) is 0 Å². The van der Waals surface area contributed by atoms with Crippen LogP contribution in [0.4, 0.5) is 0 Å². The van der Waals surface area contributed by atoms with Crippen LogP contribution >= 0.6 is 0 Å². The molecule has 17 heavy (non-hydrogen) atoms. The summed E-state index contributed by atoms with van der Waals surface area (Å²) in [6, 6.07) is 0.324. The van der Waals surface area contributed by atoms with E-state index in [0.29, 0.717) is 12.6 Å². The molecule has 0 aromatic heterocycles. The lowest BCUT2D eigenvalue weighted by Gasteiger charge is -2.19. The monoisotopic (exact) mass is 240 g/mol. The van der Waals surface area contributed by atoms with Crippen LogP contribution in [0.1, 0.15) is 19.3 Å². The number of nitrogens with zero attached hydrogens (tertiary/aromatic N) is 2. The third kappa shape index (κ3) is 2.57. The van der Waals surface area contributed by atoms with Gasteiger partial charge in [0.1, 0.15) is 6.54 Å². The van der Waals surface area contributed by atoms with Gasteiger partial charge in [0, 0.05) is 26.1 Å². The van der Waals surface area contributed by atoms with E-state index in [-0.39, 0.29) is 30.7 Å². The lowest BCUT2D eigenvalue weighted by molar-refractivity contribution is -0.145. The first-order chi connectivity index (χ1) is 7.99. The van der Waals surface area contributed by atoms with Crippen LogP contribution in [0.3, 0.4) is 0 Å². The van der Waals surface area contributed by atoms with Crippen LogP contribution < -0.4 is 0 Å². The molecular formula is C11H16N2O4. The fraction of sp³-hybridized carbons (Fsp3) is 0.727. The Kier molecular flexibility index (Phi) is 3.04. The van der Waals surface area contributed by atoms with Crippen molar-refractivity contribution >= 4 is 17.8 Å². The highest BCUT2D eigenvalue weighted by Gasteiger charge is 2.42. The lowest BCUT2D eigenvalue weighted by Crippen LogP contribution is -2.38. The first kappa shape index (κ1) is 11.9. The summed E-state index contributed by atoms with van der Waals surface area (Å²) in [4.78, 5) is 37.0. The van der Waals surface area contributed by atoms with Gasteiger partial charge in [0.2, 0.25) is 11.8 Å². The molecule has 1 unspecified atom stereocenters. The quantitative estimate of drug-likeness (QED) is 0.721. The average molecular weight is 240 g/mol. The Morgan fingerprint density at radius 1 is 1.47 bits per heavy atom. The van der Waals surface area contributed by atoms with Crippen LogP contribution in [0, 0.1) is 5.92 Å². The van der Waals surface area contributed by atoms with Gasteiger partial charge in [0.15, 0.2) is 0 Å². The maximum absolute atomic E-state index is 11.9. The van der Waals surface area contributed by atoms with Crippen LogP contribution in [0.2, 0.25) is 0 Å². The summed E-state index contributed by atoms with van der Waals surface area (Å²) in [7, 11) is 1.46. The molecule has 0 radical (unpaired) electrons. The maximum Gasteiger partial charge on any atom is 0.323 e. The number of carbonyl (C=O) groups is 3. The molecule has 1 saturated heterocycles. The Labute approximate surface area is 99.2 Å². The third-order valence-electron chi connectivity index (χ3n) is 3.24. The maximum atomic E-state index is 11.9. The van der Waals surface area contributed by atoms with E-state index in [2.05, 4.69) is 0 Å². The number of hydrogen-bond acceptors (Lipinski definition) is 3. The van der Waals surface area contributed by atoms with Crippen molar-refractivity contribution in [2.24, 2.45) is 5.92 Å². The molecule has 1 aliphatic carbocycles. The minimum absolute atomic E-state index is 0.0228. The van der Waals surface area contributed by atoms with Crippen LogP contribution in [0.5, 0.6) is 0 Å². The smallest absolute Gasteiger partial charge is 0.323 e. The summed E-state index contributed by atoms with van der Waals surface area (Å²) in [6.45, 7) is 0.138. The van der Waals surface area contributed by atoms with Gasteiger partial charge in [0.05, 0.1) is 5.92 Å². The minimum Gasteiger partial charge on any atom is -0.480 e. The number of rotatable bonds is 4. The molecule has 1 heterocycles. The molecule has 1 aliphatic heterocycles. The van der Waals surface area contributed by atoms with Gasteiger partial charge >= 0.3 is 5.97 Å². The Morgan fingerprint density at radius 3 is 2.65 bits per heavy atom. The molecule has 2 aliphatic rings. The molecule has 2 amide bonds. The summed E-state index contributed by atoms with van der Waals surface area (Å²) in [5.41, 5.74) is 0. The van der Waals surface area contributed by atoms with Crippen LogP contribution in [0.25, 0.3) is 0 Å². The molecule has 2 rings (SSSR count). The molecule has 1 atom stereocenters. The fourth-order valence-corrected chi connectivity index (χ4v) is 2.23. The summed E-state index contributed by atoms with van der Waals surface area (Å²) >= 11 is 0. The highest BCUT2D eigenvalue weighted by Crippen LogP contribution is 2.32. The van der Waals surface area contributed by atoms with Crippen molar-refractivity contribution in [2.75, 3.05) is 20.1 Å². The van der Waals surface area contributed by atoms with Crippen molar-refractivity contribution < 1.29 is 19.5 Å². The molecule has 0 aromatic carbocycles. The van der Waals surface area contributed by atoms with Gasteiger partial charge in [-0.2, -0.15) is 0 Å². The first-order valence-corrected chi connectivity index (χ1v) is 5.75. The molecule has 6 nitrogen and oxygen atoms in total. The van der Waals surface area contributed by atoms with Gasteiger partial charge < -0.3 is 14.9 Å². The van der Waals surface area contributed by atoms with E-state index in [4.69, 9.17) is 5.11 Å². The molecule has 0 bridgehead atoms. The van der Waals surface area contributed by atoms with Crippen molar-refractivity contribution in [3.63, 3.8) is 0 Å². The average Bonchev–Trinajstić information content (AvgIpc) is 3.00. The number of aliphatic carboxylic acids is 1. The van der Waals surface area contributed by atoms with E-state index in [9.17, 15) is 14.4 Å². The van der Waals surface area contributed by atoms with Crippen molar-refractivity contribution in [2.45, 2.75) is 25.3 Å². The highest BCUT2D eigenvalue weighted by molar-refractivity contribution is 5.90. The molecule has 1 N–H and O–H groups in total. The van der Waals surface area contributed by atoms with E-state index < -0.39 is 5.97 Å². The Hall–Kier alpha value is -1.59. The number of amides is 2. The molecular weight excluding hydrogens is 224 g/mol. The number of likely N-dealkylation sites (tertiary alicyclic amines) is 1. The van der Waals surface area contributed by atoms with Crippen molar-refractivity contribution in [1.82, 2.24) is 9.80 Å². The molecule has 2 fully saturated rings. The van der Waals surface area contributed by atoms with Crippen LogP contribution in [0.15, 0.2) is 0 Å². The molecule has 1 saturated carbocycles. The molecule has 0 spiro atoms. The number of carboxylic acid groups (broad SMARTS) is 1. The van der Waals surface area contributed by atoms with E-state index in [1.165, 1.54) is 11.9 Å². The number of hydrogen-bond donors (Lipinski definition) is 1. The van der Waals surface area contributed by atoms with Crippen LogP contribution in [-0.4, -0.2) is 58.9 Å². The Morgan fingerprint density at radius 2 is 2.12 bits per heavy atom. The summed E-state index contributed by atoms with van der Waals surface area (Å²) in [5.74, 6) is -1.63. The van der Waals surface area contributed by atoms with E-state index in [0.717, 1.165) is 12.8 Å². The van der Waals surface area contributed by atoms with Crippen molar-refractivity contribution in [3.05, 3.63) is 0 Å². The first-order valence-electron chi connectivity index (χ1n) is 5.75. The normalized spacial score (nSPS) is 23.9. The number of carboxylic acids is 1. The highest BCUT2D eigenvalue weighted by atomic mass is 16.4. The number of likely N-dealkylation sites (N-methyl/N-ethyl adjacent to an activating group) is 1. The van der Waals surface area contributed by atoms with Gasteiger partial charge in [-0.05, 0) is 12.8 Å². The zero-order valence-electron chi connectivity index (χ0n) is 9.76. The fourth-order valence-electron chi connectivity index (χ4n) is 2.23. The summed E-state index contributed by atoms with van der Waals surface area (Å²) in [5, 5.41) is 8.61. The Balaban J connectivity index is 1.92. The topological polar surface area (TPSA) is 77.9 Å². The predicted octanol–water partition coefficient (Wildman–Crippen LogP) is -0.460. The minimum atomic E-state index is -1.04. The van der Waals surface area contributed by atoms with Gasteiger partial charge in [0.25, 0.3) is 0 Å². The van der Waals surface area contributed by atoms with Gasteiger partial charge in [-0.3, -0.25) is 14.4 Å². The van der Waals surface area contributed by atoms with E-state index in [1.54, 1.807) is 4.90 Å². The summed E-state index contributed by atoms with van der Waals surface area (Å²) < 4.78 is 0. The van der Waals surface area contributed by atoms with Gasteiger partial charge in [-0.25, -0.2) is 0 Å². The van der Waals surface area contributed by atoms with Gasteiger partial charge in [-0.1, -0.05) is 0 Å². The predicted molar refractivity (Wildman–Crippen MR) is 58.1 cm³/mol.